The molecule has 188 valence electrons. The molecule has 0 amide bonds. The molecule has 37 heavy (non-hydrogen) atoms. The zero-order chi connectivity index (χ0) is 25.5. The van der Waals surface area contributed by atoms with Crippen molar-refractivity contribution < 1.29 is 9.47 Å². The van der Waals surface area contributed by atoms with Gasteiger partial charge in [0.15, 0.2) is 0 Å². The van der Waals surface area contributed by atoms with Gasteiger partial charge in [-0.25, -0.2) is 0 Å². The fraction of sp³-hybridized carbons (Fsp3) is 0.257. The first kappa shape index (κ1) is 24.9. The lowest BCUT2D eigenvalue weighted by molar-refractivity contribution is 0.311. The van der Waals surface area contributed by atoms with Crippen molar-refractivity contribution in [2.45, 2.75) is 46.0 Å². The third-order valence-electron chi connectivity index (χ3n) is 7.03. The molecular weight excluding hydrogens is 452 g/mol. The second kappa shape index (κ2) is 12.0. The molecule has 0 spiro atoms. The van der Waals surface area contributed by atoms with E-state index in [0.29, 0.717) is 0 Å². The minimum Gasteiger partial charge on any atom is -0.492 e. The number of hydrogen-bond donors (Lipinski definition) is 0. The van der Waals surface area contributed by atoms with E-state index in [1.807, 2.05) is 0 Å². The van der Waals surface area contributed by atoms with E-state index in [0.717, 1.165) is 78.4 Å². The Labute approximate surface area is 220 Å². The second-order valence-electron chi connectivity index (χ2n) is 9.64. The van der Waals surface area contributed by atoms with Crippen LogP contribution < -0.4 is 9.47 Å². The van der Waals surface area contributed by atoms with Crippen LogP contribution in [-0.4, -0.2) is 13.2 Å². The summed E-state index contributed by atoms with van der Waals surface area (Å²) in [5.74, 6) is 1.97. The molecule has 0 unspecified atom stereocenters. The molecule has 2 heteroatoms. The van der Waals surface area contributed by atoms with Crippen LogP contribution in [0, 0.1) is 0 Å². The highest BCUT2D eigenvalue weighted by Crippen LogP contribution is 2.42. The number of hydrogen-bond acceptors (Lipinski definition) is 2. The minimum atomic E-state index is 0.751. The van der Waals surface area contributed by atoms with Crippen LogP contribution in [0.2, 0.25) is 0 Å². The molecule has 6 rings (SSSR count). The predicted molar refractivity (Wildman–Crippen MR) is 157 cm³/mol. The number of unbranched alkanes of at least 4 members (excludes halogenated alkanes) is 2. The first-order chi connectivity index (χ1) is 18.3. The Morgan fingerprint density at radius 1 is 0.486 bits per heavy atom. The van der Waals surface area contributed by atoms with Gasteiger partial charge < -0.3 is 9.47 Å². The fourth-order valence-corrected chi connectivity index (χ4v) is 5.08. The number of ether oxygens (including phenoxy) is 2. The summed E-state index contributed by atoms with van der Waals surface area (Å²) in [7, 11) is 0. The average Bonchev–Trinajstić information content (AvgIpc) is 3.33. The van der Waals surface area contributed by atoms with Gasteiger partial charge in [-0.15, -0.1) is 0 Å². The fourth-order valence-electron chi connectivity index (χ4n) is 5.08. The molecule has 0 bridgehead atoms. The van der Waals surface area contributed by atoms with Crippen LogP contribution in [0.1, 0.15) is 50.7 Å². The van der Waals surface area contributed by atoms with Gasteiger partial charge in [-0.3, -0.25) is 0 Å². The van der Waals surface area contributed by atoms with Crippen LogP contribution in [0.3, 0.4) is 0 Å². The van der Waals surface area contributed by atoms with Gasteiger partial charge in [-0.2, -0.15) is 0 Å². The van der Waals surface area contributed by atoms with Crippen molar-refractivity contribution >= 4 is 21.5 Å². The number of rotatable bonds is 8. The van der Waals surface area contributed by atoms with E-state index in [9.17, 15) is 0 Å². The smallest absolute Gasteiger partial charge is 0.135 e. The topological polar surface area (TPSA) is 18.5 Å². The third kappa shape index (κ3) is 5.34. The summed E-state index contributed by atoms with van der Waals surface area (Å²) >= 11 is 0. The van der Waals surface area contributed by atoms with Gasteiger partial charge in [0.2, 0.25) is 0 Å². The number of benzene rings is 5. The molecule has 0 fully saturated rings. The van der Waals surface area contributed by atoms with Crippen molar-refractivity contribution in [1.29, 1.82) is 0 Å². The quantitative estimate of drug-likeness (QED) is 0.157. The normalized spacial score (nSPS) is 11.5. The first-order valence-corrected chi connectivity index (χ1v) is 13.7. The van der Waals surface area contributed by atoms with Crippen LogP contribution in [0.15, 0.2) is 97.1 Å². The molecule has 1 aliphatic carbocycles. The Morgan fingerprint density at radius 3 is 1.22 bits per heavy atom. The lowest BCUT2D eigenvalue weighted by Crippen LogP contribution is -2.01. The predicted octanol–water partition coefficient (Wildman–Crippen LogP) is 9.61. The van der Waals surface area contributed by atoms with Crippen molar-refractivity contribution in [3.05, 3.63) is 108 Å². The van der Waals surface area contributed by atoms with Crippen LogP contribution in [0.5, 0.6) is 11.5 Å². The highest BCUT2D eigenvalue weighted by Gasteiger charge is 2.16. The summed E-state index contributed by atoms with van der Waals surface area (Å²) < 4.78 is 12.4. The van der Waals surface area contributed by atoms with Gasteiger partial charge in [0.1, 0.15) is 11.5 Å². The van der Waals surface area contributed by atoms with Gasteiger partial charge in [-0.05, 0) is 41.5 Å². The Kier molecular flexibility index (Phi) is 8.05. The van der Waals surface area contributed by atoms with E-state index >= 15 is 0 Å². The SMILES string of the molecule is CCCCOc1c2ccccc2c(OCCCC)c2ccccc12.c1ccc2c(c1)Cc1ccccc1-2. The van der Waals surface area contributed by atoms with E-state index < -0.39 is 0 Å². The van der Waals surface area contributed by atoms with Gasteiger partial charge in [0.25, 0.3) is 0 Å². The van der Waals surface area contributed by atoms with E-state index in [1.54, 1.807) is 0 Å². The largest absolute Gasteiger partial charge is 0.492 e. The molecule has 1 aliphatic rings. The van der Waals surface area contributed by atoms with Gasteiger partial charge in [0, 0.05) is 21.5 Å². The molecule has 0 saturated carbocycles. The van der Waals surface area contributed by atoms with Crippen LogP contribution in [0.25, 0.3) is 32.7 Å². The Hall–Kier alpha value is -3.78. The molecule has 0 aromatic heterocycles. The molecule has 5 aromatic carbocycles. The average molecular weight is 489 g/mol. The summed E-state index contributed by atoms with van der Waals surface area (Å²) in [6.45, 7) is 5.87. The molecule has 0 heterocycles. The monoisotopic (exact) mass is 488 g/mol. The maximum Gasteiger partial charge on any atom is 0.135 e. The molecule has 0 aliphatic heterocycles. The minimum absolute atomic E-state index is 0.751. The second-order valence-corrected chi connectivity index (χ2v) is 9.64. The summed E-state index contributed by atoms with van der Waals surface area (Å²) in [6.07, 6.45) is 5.50. The highest BCUT2D eigenvalue weighted by molar-refractivity contribution is 6.11. The maximum absolute atomic E-state index is 6.20. The maximum atomic E-state index is 6.20. The lowest BCUT2D eigenvalue weighted by Gasteiger charge is -2.17. The summed E-state index contributed by atoms with van der Waals surface area (Å²) in [6, 6.07) is 34.1. The Balaban J connectivity index is 0.000000179. The standard InChI is InChI=1S/C22H26O2.C13H10/c1-3-5-15-23-21-17-11-7-9-13-19(17)22(24-16-6-4-2)20-14-10-8-12-18(20)21;1-3-7-12-10(5-1)9-11-6-2-4-8-13(11)12/h7-14H,3-6,15-16H2,1-2H3;1-8H,9H2. The van der Waals surface area contributed by atoms with E-state index in [-0.39, 0.29) is 0 Å². The van der Waals surface area contributed by atoms with E-state index in [4.69, 9.17) is 9.47 Å². The van der Waals surface area contributed by atoms with Crippen molar-refractivity contribution in [3.8, 4) is 22.6 Å². The van der Waals surface area contributed by atoms with Crippen molar-refractivity contribution in [3.63, 3.8) is 0 Å². The molecule has 0 saturated heterocycles. The summed E-state index contributed by atoms with van der Waals surface area (Å²) in [4.78, 5) is 0. The first-order valence-electron chi connectivity index (χ1n) is 13.7. The van der Waals surface area contributed by atoms with Crippen molar-refractivity contribution in [1.82, 2.24) is 0 Å². The lowest BCUT2D eigenvalue weighted by atomic mass is 10.0. The van der Waals surface area contributed by atoms with E-state index in [1.165, 1.54) is 22.3 Å². The summed E-state index contributed by atoms with van der Waals surface area (Å²) in [5.41, 5.74) is 5.75. The van der Waals surface area contributed by atoms with Crippen molar-refractivity contribution in [2.75, 3.05) is 13.2 Å². The van der Waals surface area contributed by atoms with Crippen molar-refractivity contribution in [2.24, 2.45) is 0 Å². The molecule has 5 aromatic rings. The molecular formula is C35H36O2. The van der Waals surface area contributed by atoms with Gasteiger partial charge in [0.05, 0.1) is 13.2 Å². The van der Waals surface area contributed by atoms with Gasteiger partial charge >= 0.3 is 0 Å². The highest BCUT2D eigenvalue weighted by atomic mass is 16.5. The molecule has 0 atom stereocenters. The zero-order valence-electron chi connectivity index (χ0n) is 22.0. The molecule has 0 N–H and O–H groups in total. The van der Waals surface area contributed by atoms with Crippen LogP contribution in [0.4, 0.5) is 0 Å². The third-order valence-corrected chi connectivity index (χ3v) is 7.03. The Morgan fingerprint density at radius 2 is 0.838 bits per heavy atom. The van der Waals surface area contributed by atoms with Crippen LogP contribution >= 0.6 is 0 Å². The van der Waals surface area contributed by atoms with E-state index in [2.05, 4.69) is 111 Å². The molecule has 2 nitrogen and oxygen atoms in total. The van der Waals surface area contributed by atoms with Gasteiger partial charge in [-0.1, -0.05) is 124 Å². The summed E-state index contributed by atoms with van der Waals surface area (Å²) in [5, 5.41) is 4.55. The Bertz CT molecular complexity index is 1320. The number of fused-ring (bicyclic) bond motifs is 5. The zero-order valence-corrected chi connectivity index (χ0v) is 22.0. The van der Waals surface area contributed by atoms with Crippen LogP contribution in [-0.2, 0) is 6.42 Å². The molecule has 0 radical (unpaired) electrons.